The van der Waals surface area contributed by atoms with Crippen LogP contribution in [0.5, 0.6) is 5.75 Å². The quantitative estimate of drug-likeness (QED) is 0.927. The SMILES string of the molecule is CC(Oc1ccsc1C(=O)O)C(=O)N1CCCCCC1. The summed E-state index contributed by atoms with van der Waals surface area (Å²) >= 11 is 1.10. The normalized spacial score (nSPS) is 17.4. The van der Waals surface area contributed by atoms with Crippen LogP contribution in [-0.4, -0.2) is 41.1 Å². The van der Waals surface area contributed by atoms with Crippen LogP contribution < -0.4 is 4.74 Å². The van der Waals surface area contributed by atoms with Gasteiger partial charge in [-0.2, -0.15) is 0 Å². The fourth-order valence-electron chi connectivity index (χ4n) is 2.34. The number of carboxylic acid groups (broad SMARTS) is 1. The number of amides is 1. The third kappa shape index (κ3) is 3.50. The summed E-state index contributed by atoms with van der Waals surface area (Å²) in [6.07, 6.45) is 3.72. The second-order valence-electron chi connectivity index (χ2n) is 4.92. The van der Waals surface area contributed by atoms with Gasteiger partial charge in [0.2, 0.25) is 0 Å². The summed E-state index contributed by atoms with van der Waals surface area (Å²) in [7, 11) is 0. The Bertz CT molecular complexity index is 477. The molecule has 20 heavy (non-hydrogen) atoms. The summed E-state index contributed by atoms with van der Waals surface area (Å²) in [5.74, 6) is -0.808. The first kappa shape index (κ1) is 14.8. The molecule has 1 saturated heterocycles. The summed E-state index contributed by atoms with van der Waals surface area (Å²) in [5.41, 5.74) is 0. The molecule has 0 saturated carbocycles. The van der Waals surface area contributed by atoms with Crippen molar-refractivity contribution in [3.05, 3.63) is 16.3 Å². The van der Waals surface area contributed by atoms with Gasteiger partial charge in [0.1, 0.15) is 5.75 Å². The Hall–Kier alpha value is -1.56. The van der Waals surface area contributed by atoms with E-state index in [1.165, 1.54) is 0 Å². The second kappa shape index (κ2) is 6.74. The zero-order chi connectivity index (χ0) is 14.5. The van der Waals surface area contributed by atoms with Crippen molar-refractivity contribution in [3.63, 3.8) is 0 Å². The van der Waals surface area contributed by atoms with Crippen molar-refractivity contribution in [2.24, 2.45) is 0 Å². The monoisotopic (exact) mass is 297 g/mol. The molecule has 1 unspecified atom stereocenters. The van der Waals surface area contributed by atoms with Crippen LogP contribution in [0, 0.1) is 0 Å². The van der Waals surface area contributed by atoms with E-state index in [0.29, 0.717) is 0 Å². The van der Waals surface area contributed by atoms with Gasteiger partial charge >= 0.3 is 5.97 Å². The lowest BCUT2D eigenvalue weighted by Gasteiger charge is -2.24. The van der Waals surface area contributed by atoms with Crippen molar-refractivity contribution in [3.8, 4) is 5.75 Å². The van der Waals surface area contributed by atoms with E-state index in [1.54, 1.807) is 18.4 Å². The molecule has 110 valence electrons. The molecule has 1 N–H and O–H groups in total. The van der Waals surface area contributed by atoms with Crippen molar-refractivity contribution >= 4 is 23.2 Å². The molecule has 0 radical (unpaired) electrons. The van der Waals surface area contributed by atoms with Gasteiger partial charge in [0.25, 0.3) is 5.91 Å². The maximum atomic E-state index is 12.3. The highest BCUT2D eigenvalue weighted by molar-refractivity contribution is 7.12. The van der Waals surface area contributed by atoms with Gasteiger partial charge < -0.3 is 14.7 Å². The number of carbonyl (C=O) groups is 2. The lowest BCUT2D eigenvalue weighted by atomic mass is 10.2. The van der Waals surface area contributed by atoms with E-state index in [-0.39, 0.29) is 16.5 Å². The number of ether oxygens (including phenoxy) is 1. The second-order valence-corrected chi connectivity index (χ2v) is 5.83. The molecule has 0 bridgehead atoms. The topological polar surface area (TPSA) is 66.8 Å². The summed E-state index contributed by atoms with van der Waals surface area (Å²) in [6, 6.07) is 1.60. The summed E-state index contributed by atoms with van der Waals surface area (Å²) in [6.45, 7) is 3.21. The van der Waals surface area contributed by atoms with Crippen LogP contribution in [0.2, 0.25) is 0 Å². The van der Waals surface area contributed by atoms with Crippen molar-refractivity contribution < 1.29 is 19.4 Å². The zero-order valence-corrected chi connectivity index (χ0v) is 12.3. The molecule has 1 aromatic rings. The largest absolute Gasteiger partial charge is 0.479 e. The first-order valence-corrected chi connectivity index (χ1v) is 7.74. The van der Waals surface area contributed by atoms with Crippen LogP contribution in [0.1, 0.15) is 42.3 Å². The highest BCUT2D eigenvalue weighted by atomic mass is 32.1. The number of likely N-dealkylation sites (tertiary alicyclic amines) is 1. The van der Waals surface area contributed by atoms with Crippen molar-refractivity contribution in [2.45, 2.75) is 38.7 Å². The average molecular weight is 297 g/mol. The molecule has 2 heterocycles. The van der Waals surface area contributed by atoms with Gasteiger partial charge in [0.05, 0.1) is 0 Å². The van der Waals surface area contributed by atoms with E-state index in [2.05, 4.69) is 0 Å². The van der Waals surface area contributed by atoms with Gasteiger partial charge in [-0.3, -0.25) is 4.79 Å². The fraction of sp³-hybridized carbons (Fsp3) is 0.571. The van der Waals surface area contributed by atoms with Gasteiger partial charge in [-0.25, -0.2) is 4.79 Å². The zero-order valence-electron chi connectivity index (χ0n) is 11.5. The van der Waals surface area contributed by atoms with Crippen molar-refractivity contribution in [1.29, 1.82) is 0 Å². The first-order chi connectivity index (χ1) is 9.59. The van der Waals surface area contributed by atoms with Crippen molar-refractivity contribution in [1.82, 2.24) is 4.90 Å². The molecule has 1 amide bonds. The lowest BCUT2D eigenvalue weighted by Crippen LogP contribution is -2.41. The smallest absolute Gasteiger partial charge is 0.349 e. The van der Waals surface area contributed by atoms with E-state index in [1.807, 2.05) is 4.90 Å². The van der Waals surface area contributed by atoms with E-state index in [4.69, 9.17) is 9.84 Å². The first-order valence-electron chi connectivity index (χ1n) is 6.86. The van der Waals surface area contributed by atoms with Crippen LogP contribution in [0.4, 0.5) is 0 Å². The Kier molecular flexibility index (Phi) is 5.00. The molecular weight excluding hydrogens is 278 g/mol. The number of aromatic carboxylic acids is 1. The van der Waals surface area contributed by atoms with E-state index in [9.17, 15) is 9.59 Å². The number of nitrogens with zero attached hydrogens (tertiary/aromatic N) is 1. The lowest BCUT2D eigenvalue weighted by molar-refractivity contribution is -0.137. The van der Waals surface area contributed by atoms with E-state index in [0.717, 1.165) is 50.1 Å². The number of rotatable bonds is 4. The minimum atomic E-state index is -1.02. The number of hydrogen-bond acceptors (Lipinski definition) is 4. The molecule has 1 aliphatic heterocycles. The van der Waals surface area contributed by atoms with Crippen LogP contribution in [-0.2, 0) is 4.79 Å². The Labute approximate surface area is 122 Å². The highest BCUT2D eigenvalue weighted by Crippen LogP contribution is 2.26. The number of thiophene rings is 1. The standard InChI is InChI=1S/C14H19NO4S/c1-10(13(16)15-7-4-2-3-5-8-15)19-11-6-9-20-12(11)14(17)18/h6,9-10H,2-5,7-8H2,1H3,(H,17,18). The number of hydrogen-bond donors (Lipinski definition) is 1. The molecule has 0 aromatic carbocycles. The van der Waals surface area contributed by atoms with E-state index < -0.39 is 12.1 Å². The van der Waals surface area contributed by atoms with E-state index >= 15 is 0 Å². The van der Waals surface area contributed by atoms with Gasteiger partial charge in [0.15, 0.2) is 11.0 Å². The Morgan fingerprint density at radius 2 is 1.95 bits per heavy atom. The Morgan fingerprint density at radius 1 is 1.30 bits per heavy atom. The summed E-state index contributed by atoms with van der Waals surface area (Å²) in [4.78, 5) is 25.3. The summed E-state index contributed by atoms with van der Waals surface area (Å²) in [5, 5.41) is 10.7. The van der Waals surface area contributed by atoms with Crippen LogP contribution in [0.3, 0.4) is 0 Å². The van der Waals surface area contributed by atoms with Crippen LogP contribution >= 0.6 is 11.3 Å². The molecule has 2 rings (SSSR count). The predicted molar refractivity (Wildman–Crippen MR) is 76.4 cm³/mol. The third-order valence-corrected chi connectivity index (χ3v) is 4.28. The molecule has 0 spiro atoms. The minimum Gasteiger partial charge on any atom is -0.479 e. The average Bonchev–Trinajstić information content (AvgIpc) is 2.72. The molecule has 0 aliphatic carbocycles. The van der Waals surface area contributed by atoms with Gasteiger partial charge in [0, 0.05) is 13.1 Å². The molecular formula is C14H19NO4S. The summed E-state index contributed by atoms with van der Waals surface area (Å²) < 4.78 is 5.54. The molecule has 5 nitrogen and oxygen atoms in total. The predicted octanol–water partition coefficient (Wildman–Crippen LogP) is 2.62. The van der Waals surface area contributed by atoms with Gasteiger partial charge in [-0.1, -0.05) is 12.8 Å². The minimum absolute atomic E-state index is 0.0607. The molecule has 1 fully saturated rings. The maximum absolute atomic E-state index is 12.3. The molecule has 6 heteroatoms. The third-order valence-electron chi connectivity index (χ3n) is 3.39. The number of carbonyl (C=O) groups excluding carboxylic acids is 1. The number of carboxylic acids is 1. The van der Waals surface area contributed by atoms with Gasteiger partial charge in [-0.15, -0.1) is 11.3 Å². The molecule has 1 atom stereocenters. The highest BCUT2D eigenvalue weighted by Gasteiger charge is 2.24. The molecule has 1 aliphatic rings. The van der Waals surface area contributed by atoms with Crippen molar-refractivity contribution in [2.75, 3.05) is 13.1 Å². The maximum Gasteiger partial charge on any atom is 0.349 e. The Morgan fingerprint density at radius 3 is 2.55 bits per heavy atom. The van der Waals surface area contributed by atoms with Crippen LogP contribution in [0.25, 0.3) is 0 Å². The Balaban J connectivity index is 1.99. The van der Waals surface area contributed by atoms with Gasteiger partial charge in [-0.05, 0) is 31.2 Å². The fourth-order valence-corrected chi connectivity index (χ4v) is 3.00. The molecule has 1 aromatic heterocycles. The van der Waals surface area contributed by atoms with Crippen LogP contribution in [0.15, 0.2) is 11.4 Å².